The van der Waals surface area contributed by atoms with Crippen LogP contribution in [-0.4, -0.2) is 23.2 Å². The highest BCUT2D eigenvalue weighted by molar-refractivity contribution is 6.04. The average molecular weight is 217 g/mol. The van der Waals surface area contributed by atoms with Gasteiger partial charge in [-0.15, -0.1) is 0 Å². The van der Waals surface area contributed by atoms with Gasteiger partial charge in [-0.1, -0.05) is 12.1 Å². The second-order valence-electron chi connectivity index (χ2n) is 3.47. The van der Waals surface area contributed by atoms with E-state index >= 15 is 0 Å². The Bertz CT molecular complexity index is 563. The Hall–Kier alpha value is -2.10. The van der Waals surface area contributed by atoms with Crippen molar-refractivity contribution in [2.24, 2.45) is 0 Å². The minimum Gasteiger partial charge on any atom is -0.494 e. The van der Waals surface area contributed by atoms with Crippen LogP contribution in [0, 0.1) is 6.92 Å². The number of carboxylic acids is 1. The minimum atomic E-state index is -0.955. The normalized spacial score (nSPS) is 10.4. The lowest BCUT2D eigenvalue weighted by Crippen LogP contribution is -2.01. The van der Waals surface area contributed by atoms with Gasteiger partial charge >= 0.3 is 5.97 Å². The quantitative estimate of drug-likeness (QED) is 0.838. The molecular weight excluding hydrogens is 206 g/mol. The van der Waals surface area contributed by atoms with Crippen molar-refractivity contribution >= 4 is 16.9 Å². The van der Waals surface area contributed by atoms with Crippen LogP contribution in [0.25, 0.3) is 10.9 Å². The summed E-state index contributed by atoms with van der Waals surface area (Å²) >= 11 is 0. The van der Waals surface area contributed by atoms with Crippen molar-refractivity contribution in [2.75, 3.05) is 7.11 Å². The Balaban J connectivity index is 2.88. The summed E-state index contributed by atoms with van der Waals surface area (Å²) in [4.78, 5) is 15.4. The predicted molar refractivity (Wildman–Crippen MR) is 60.0 cm³/mol. The lowest BCUT2D eigenvalue weighted by atomic mass is 10.1. The first-order valence-corrected chi connectivity index (χ1v) is 4.81. The van der Waals surface area contributed by atoms with E-state index in [4.69, 9.17) is 9.84 Å². The number of fused-ring (bicyclic) bond motifs is 1. The van der Waals surface area contributed by atoms with E-state index in [1.807, 2.05) is 0 Å². The van der Waals surface area contributed by atoms with Gasteiger partial charge in [-0.3, -0.25) is 0 Å². The Morgan fingerprint density at radius 1 is 1.44 bits per heavy atom. The van der Waals surface area contributed by atoms with Gasteiger partial charge < -0.3 is 9.84 Å². The Morgan fingerprint density at radius 2 is 2.19 bits per heavy atom. The molecule has 1 aromatic heterocycles. The molecule has 0 atom stereocenters. The second-order valence-corrected chi connectivity index (χ2v) is 3.47. The smallest absolute Gasteiger partial charge is 0.336 e. The lowest BCUT2D eigenvalue weighted by Gasteiger charge is -2.07. The van der Waals surface area contributed by atoms with E-state index in [1.165, 1.54) is 0 Å². The van der Waals surface area contributed by atoms with E-state index in [9.17, 15) is 4.79 Å². The predicted octanol–water partition coefficient (Wildman–Crippen LogP) is 2.25. The lowest BCUT2D eigenvalue weighted by molar-refractivity contribution is 0.0699. The molecular formula is C12H11NO3. The van der Waals surface area contributed by atoms with Crippen LogP contribution in [0.4, 0.5) is 0 Å². The van der Waals surface area contributed by atoms with Gasteiger partial charge in [0.15, 0.2) is 0 Å². The monoisotopic (exact) mass is 217 g/mol. The fourth-order valence-electron chi connectivity index (χ4n) is 1.69. The number of hydrogen-bond acceptors (Lipinski definition) is 3. The number of pyridine rings is 1. The van der Waals surface area contributed by atoms with Crippen molar-refractivity contribution in [3.8, 4) is 5.75 Å². The zero-order chi connectivity index (χ0) is 11.7. The number of aromatic nitrogens is 1. The molecule has 0 bridgehead atoms. The summed E-state index contributed by atoms with van der Waals surface area (Å²) in [6.07, 6.45) is 0. The first-order valence-electron chi connectivity index (χ1n) is 4.81. The van der Waals surface area contributed by atoms with Crippen molar-refractivity contribution in [3.63, 3.8) is 0 Å². The van der Waals surface area contributed by atoms with E-state index in [1.54, 1.807) is 38.3 Å². The van der Waals surface area contributed by atoms with E-state index in [0.29, 0.717) is 22.3 Å². The maximum Gasteiger partial charge on any atom is 0.336 e. The molecule has 0 aliphatic carbocycles. The van der Waals surface area contributed by atoms with E-state index < -0.39 is 5.97 Å². The largest absolute Gasteiger partial charge is 0.494 e. The Morgan fingerprint density at radius 3 is 2.81 bits per heavy atom. The highest BCUT2D eigenvalue weighted by Gasteiger charge is 2.12. The summed E-state index contributed by atoms with van der Waals surface area (Å²) in [5.41, 5.74) is 1.50. The van der Waals surface area contributed by atoms with Gasteiger partial charge in [-0.25, -0.2) is 9.78 Å². The molecule has 2 rings (SSSR count). The van der Waals surface area contributed by atoms with Crippen LogP contribution >= 0.6 is 0 Å². The molecule has 0 aliphatic heterocycles. The number of para-hydroxylation sites is 1. The molecule has 0 fully saturated rings. The molecule has 0 aliphatic rings. The molecule has 1 aromatic carbocycles. The van der Waals surface area contributed by atoms with E-state index in [-0.39, 0.29) is 5.56 Å². The van der Waals surface area contributed by atoms with Gasteiger partial charge in [0.05, 0.1) is 12.7 Å². The highest BCUT2D eigenvalue weighted by Crippen LogP contribution is 2.26. The molecule has 4 heteroatoms. The molecule has 4 nitrogen and oxygen atoms in total. The first-order chi connectivity index (χ1) is 7.63. The van der Waals surface area contributed by atoms with Crippen LogP contribution in [0.15, 0.2) is 24.3 Å². The van der Waals surface area contributed by atoms with E-state index in [2.05, 4.69) is 4.98 Å². The summed E-state index contributed by atoms with van der Waals surface area (Å²) < 4.78 is 5.16. The molecule has 0 saturated heterocycles. The van der Waals surface area contributed by atoms with Crippen LogP contribution in [0.3, 0.4) is 0 Å². The topological polar surface area (TPSA) is 59.4 Å². The minimum absolute atomic E-state index is 0.251. The summed E-state index contributed by atoms with van der Waals surface area (Å²) in [6, 6.07) is 6.81. The number of hydrogen-bond donors (Lipinski definition) is 1. The summed E-state index contributed by atoms with van der Waals surface area (Å²) in [6.45, 7) is 1.76. The average Bonchev–Trinajstić information content (AvgIpc) is 2.27. The second kappa shape index (κ2) is 3.81. The summed E-state index contributed by atoms with van der Waals surface area (Å²) in [5.74, 6) is -0.368. The SMILES string of the molecule is COc1cccc2c(C(=O)O)cc(C)nc12. The number of carbonyl (C=O) groups is 1. The fourth-order valence-corrected chi connectivity index (χ4v) is 1.69. The fraction of sp³-hybridized carbons (Fsp3) is 0.167. The molecule has 0 amide bonds. The number of nitrogens with zero attached hydrogens (tertiary/aromatic N) is 1. The van der Waals surface area contributed by atoms with Gasteiger partial charge in [0, 0.05) is 11.1 Å². The molecule has 1 N–H and O–H groups in total. The van der Waals surface area contributed by atoms with Gasteiger partial charge in [-0.05, 0) is 19.1 Å². The van der Waals surface area contributed by atoms with Gasteiger partial charge in [0.25, 0.3) is 0 Å². The van der Waals surface area contributed by atoms with Crippen molar-refractivity contribution < 1.29 is 14.6 Å². The third-order valence-electron chi connectivity index (χ3n) is 2.38. The van der Waals surface area contributed by atoms with Crippen LogP contribution in [0.2, 0.25) is 0 Å². The molecule has 0 spiro atoms. The number of methoxy groups -OCH3 is 1. The van der Waals surface area contributed by atoms with E-state index in [0.717, 1.165) is 0 Å². The number of carboxylic acid groups (broad SMARTS) is 1. The van der Waals surface area contributed by atoms with Crippen LogP contribution in [0.5, 0.6) is 5.75 Å². The van der Waals surface area contributed by atoms with Gasteiger partial charge in [0.2, 0.25) is 0 Å². The molecule has 0 radical (unpaired) electrons. The molecule has 1 heterocycles. The molecule has 82 valence electrons. The number of aryl methyl sites for hydroxylation is 1. The maximum absolute atomic E-state index is 11.1. The third kappa shape index (κ3) is 1.58. The van der Waals surface area contributed by atoms with Gasteiger partial charge in [0.1, 0.15) is 11.3 Å². The highest BCUT2D eigenvalue weighted by atomic mass is 16.5. The maximum atomic E-state index is 11.1. The van der Waals surface area contributed by atoms with Crippen LogP contribution in [0.1, 0.15) is 16.1 Å². The van der Waals surface area contributed by atoms with Crippen molar-refractivity contribution in [2.45, 2.75) is 6.92 Å². The van der Waals surface area contributed by atoms with Crippen LogP contribution in [-0.2, 0) is 0 Å². The van der Waals surface area contributed by atoms with Crippen molar-refractivity contribution in [3.05, 3.63) is 35.5 Å². The van der Waals surface area contributed by atoms with Gasteiger partial charge in [-0.2, -0.15) is 0 Å². The summed E-state index contributed by atoms with van der Waals surface area (Å²) in [7, 11) is 1.54. The summed E-state index contributed by atoms with van der Waals surface area (Å²) in [5, 5.41) is 9.70. The first kappa shape index (κ1) is 10.4. The molecule has 16 heavy (non-hydrogen) atoms. The molecule has 0 unspecified atom stereocenters. The zero-order valence-electron chi connectivity index (χ0n) is 9.02. The number of aromatic carboxylic acids is 1. The Kier molecular flexibility index (Phi) is 2.48. The Labute approximate surface area is 92.5 Å². The zero-order valence-corrected chi connectivity index (χ0v) is 9.02. The van der Waals surface area contributed by atoms with Crippen LogP contribution < -0.4 is 4.74 Å². The molecule has 0 saturated carbocycles. The standard InChI is InChI=1S/C12H11NO3/c1-7-6-9(12(14)15)8-4-3-5-10(16-2)11(8)13-7/h3-6H,1-2H3,(H,14,15). The number of benzene rings is 1. The third-order valence-corrected chi connectivity index (χ3v) is 2.38. The number of ether oxygens (including phenoxy) is 1. The number of rotatable bonds is 2. The van der Waals surface area contributed by atoms with Crippen molar-refractivity contribution in [1.82, 2.24) is 4.98 Å². The molecule has 2 aromatic rings. The van der Waals surface area contributed by atoms with Crippen molar-refractivity contribution in [1.29, 1.82) is 0 Å².